The molecule has 29 heavy (non-hydrogen) atoms. The summed E-state index contributed by atoms with van der Waals surface area (Å²) in [6.07, 6.45) is 5.47. The number of aromatic nitrogens is 4. The molecule has 2 saturated heterocycles. The van der Waals surface area contributed by atoms with Crippen LogP contribution in [0.3, 0.4) is 0 Å². The molecule has 1 amide bonds. The molecule has 0 spiro atoms. The Morgan fingerprint density at radius 3 is 2.62 bits per heavy atom. The lowest BCUT2D eigenvalue weighted by molar-refractivity contribution is -0.120. The van der Waals surface area contributed by atoms with Crippen molar-refractivity contribution in [3.63, 3.8) is 0 Å². The van der Waals surface area contributed by atoms with Crippen molar-refractivity contribution in [2.45, 2.75) is 32.6 Å². The number of allylic oxidation sites excluding steroid dienone is 1. The molecule has 2 aromatic rings. The van der Waals surface area contributed by atoms with Crippen molar-refractivity contribution >= 4 is 30.2 Å². The number of carbonyl (C=O) groups is 1. The molecule has 4 rings (SSSR count). The number of carbonyl (C=O) groups excluding carboxylic acids is 1. The van der Waals surface area contributed by atoms with E-state index in [1.807, 2.05) is 31.0 Å². The number of nitrogens with zero attached hydrogens (tertiary/aromatic N) is 6. The van der Waals surface area contributed by atoms with Crippen molar-refractivity contribution in [1.29, 1.82) is 0 Å². The van der Waals surface area contributed by atoms with Crippen molar-refractivity contribution in [2.75, 3.05) is 29.4 Å². The summed E-state index contributed by atoms with van der Waals surface area (Å²) >= 11 is 0. The molecule has 0 aliphatic carbocycles. The minimum Gasteiger partial charge on any atom is -0.355 e. The summed E-state index contributed by atoms with van der Waals surface area (Å²) in [5, 5.41) is 1.77. The standard InChI is InChI=1S/C22H28N6O/c1-6-8-18-14(3)23-21(26(18)5)17-12-27(13-17)19-11-20(25-15(4)24-19)28-10-9-16(7-2)22(28)29/h6,8,11,16-17H,1,3,7,9-10,12-13H2,2,4-5H3. The monoisotopic (exact) mass is 392 g/mol. The maximum Gasteiger partial charge on any atom is 0.231 e. The zero-order valence-electron chi connectivity index (χ0n) is 17.4. The topological polar surface area (TPSA) is 67.2 Å². The Morgan fingerprint density at radius 2 is 1.97 bits per heavy atom. The molecule has 2 aromatic heterocycles. The Labute approximate surface area is 171 Å². The molecule has 1 atom stereocenters. The van der Waals surface area contributed by atoms with Crippen LogP contribution in [0, 0.1) is 12.8 Å². The fraction of sp³-hybridized carbons (Fsp3) is 0.455. The zero-order valence-corrected chi connectivity index (χ0v) is 17.4. The van der Waals surface area contributed by atoms with Crippen LogP contribution in [0.15, 0.2) is 18.7 Å². The lowest BCUT2D eigenvalue weighted by Gasteiger charge is -2.40. The molecule has 2 aliphatic heterocycles. The highest BCUT2D eigenvalue weighted by atomic mass is 16.2. The van der Waals surface area contributed by atoms with Crippen molar-refractivity contribution in [2.24, 2.45) is 13.0 Å². The van der Waals surface area contributed by atoms with E-state index in [0.717, 1.165) is 60.6 Å². The highest BCUT2D eigenvalue weighted by Crippen LogP contribution is 2.32. The van der Waals surface area contributed by atoms with Gasteiger partial charge >= 0.3 is 0 Å². The quantitative estimate of drug-likeness (QED) is 0.766. The van der Waals surface area contributed by atoms with Crippen LogP contribution in [0.4, 0.5) is 11.6 Å². The van der Waals surface area contributed by atoms with Gasteiger partial charge in [-0.3, -0.25) is 9.69 Å². The Kier molecular flexibility index (Phi) is 4.98. The molecule has 4 heterocycles. The first-order valence-corrected chi connectivity index (χ1v) is 10.2. The SMILES string of the molecule is C=CC=c1c(=C)nc(C2CN(c3cc(N4CCC(CC)C4=O)nc(C)n3)C2)n1C. The molecule has 0 saturated carbocycles. The minimum absolute atomic E-state index is 0.115. The van der Waals surface area contributed by atoms with Crippen LogP contribution in [-0.2, 0) is 11.8 Å². The second-order valence-corrected chi connectivity index (χ2v) is 7.88. The van der Waals surface area contributed by atoms with Gasteiger partial charge in [-0.15, -0.1) is 0 Å². The van der Waals surface area contributed by atoms with Crippen LogP contribution >= 0.6 is 0 Å². The first kappa shape index (κ1) is 19.4. The molecule has 2 fully saturated rings. The van der Waals surface area contributed by atoms with Gasteiger partial charge in [0.15, 0.2) is 0 Å². The van der Waals surface area contributed by atoms with E-state index < -0.39 is 0 Å². The molecule has 1 unspecified atom stereocenters. The third-order valence-electron chi connectivity index (χ3n) is 5.99. The smallest absolute Gasteiger partial charge is 0.231 e. The van der Waals surface area contributed by atoms with Gasteiger partial charge in [-0.05, 0) is 25.8 Å². The number of hydrogen-bond donors (Lipinski definition) is 0. The summed E-state index contributed by atoms with van der Waals surface area (Å²) in [6.45, 7) is 14.2. The maximum absolute atomic E-state index is 12.6. The van der Waals surface area contributed by atoms with Gasteiger partial charge in [-0.1, -0.05) is 26.2 Å². The average Bonchev–Trinajstić information content (AvgIpc) is 3.15. The predicted octanol–water partition coefficient (Wildman–Crippen LogP) is 1.26. The number of anilines is 2. The Hall–Kier alpha value is -2.96. The van der Waals surface area contributed by atoms with Crippen LogP contribution in [0.25, 0.3) is 12.7 Å². The molecule has 152 valence electrons. The van der Waals surface area contributed by atoms with Gasteiger partial charge in [0, 0.05) is 38.7 Å². The van der Waals surface area contributed by atoms with Crippen molar-refractivity contribution in [3.8, 4) is 0 Å². The van der Waals surface area contributed by atoms with E-state index in [1.54, 1.807) is 6.08 Å². The van der Waals surface area contributed by atoms with Gasteiger partial charge in [-0.2, -0.15) is 0 Å². The molecule has 0 aromatic carbocycles. The van der Waals surface area contributed by atoms with Gasteiger partial charge in [0.2, 0.25) is 5.91 Å². The Morgan fingerprint density at radius 1 is 1.24 bits per heavy atom. The second-order valence-electron chi connectivity index (χ2n) is 7.88. The molecule has 0 bridgehead atoms. The maximum atomic E-state index is 12.6. The molecule has 7 heteroatoms. The predicted molar refractivity (Wildman–Crippen MR) is 115 cm³/mol. The number of rotatable bonds is 5. The molecule has 7 nitrogen and oxygen atoms in total. The number of imidazole rings is 1. The van der Waals surface area contributed by atoms with Crippen molar-refractivity contribution < 1.29 is 4.79 Å². The number of amides is 1. The van der Waals surface area contributed by atoms with E-state index in [-0.39, 0.29) is 11.8 Å². The fourth-order valence-corrected chi connectivity index (χ4v) is 4.28. The molecule has 0 radical (unpaired) electrons. The van der Waals surface area contributed by atoms with E-state index in [0.29, 0.717) is 11.7 Å². The summed E-state index contributed by atoms with van der Waals surface area (Å²) in [5.41, 5.74) is 0. The molecular weight excluding hydrogens is 364 g/mol. The van der Waals surface area contributed by atoms with E-state index in [9.17, 15) is 4.79 Å². The van der Waals surface area contributed by atoms with Gasteiger partial charge in [0.05, 0.1) is 16.6 Å². The lowest BCUT2D eigenvalue weighted by Crippen LogP contribution is -2.47. The van der Waals surface area contributed by atoms with E-state index in [1.165, 1.54) is 0 Å². The van der Waals surface area contributed by atoms with E-state index in [4.69, 9.17) is 0 Å². The first-order chi connectivity index (χ1) is 13.9. The largest absolute Gasteiger partial charge is 0.355 e. The first-order valence-electron chi connectivity index (χ1n) is 10.2. The zero-order chi connectivity index (χ0) is 20.7. The lowest BCUT2D eigenvalue weighted by atomic mass is 9.99. The van der Waals surface area contributed by atoms with Crippen LogP contribution in [-0.4, -0.2) is 45.1 Å². The highest BCUT2D eigenvalue weighted by Gasteiger charge is 2.35. The molecular formula is C22H28N6O. The van der Waals surface area contributed by atoms with Crippen molar-refractivity contribution in [3.05, 3.63) is 41.1 Å². The minimum atomic E-state index is 0.115. The van der Waals surface area contributed by atoms with E-state index in [2.05, 4.69) is 44.5 Å². The van der Waals surface area contributed by atoms with Crippen LogP contribution in [0.2, 0.25) is 0 Å². The number of hydrogen-bond acceptors (Lipinski definition) is 5. The summed E-state index contributed by atoms with van der Waals surface area (Å²) in [5.74, 6) is 3.93. The fourth-order valence-electron chi connectivity index (χ4n) is 4.28. The summed E-state index contributed by atoms with van der Waals surface area (Å²) in [6, 6.07) is 1.95. The van der Waals surface area contributed by atoms with E-state index >= 15 is 0 Å². The Balaban J connectivity index is 1.53. The summed E-state index contributed by atoms with van der Waals surface area (Å²) < 4.78 is 2.09. The van der Waals surface area contributed by atoms with Gasteiger partial charge in [0.1, 0.15) is 23.3 Å². The Bertz CT molecular complexity index is 1070. The van der Waals surface area contributed by atoms with Crippen molar-refractivity contribution in [1.82, 2.24) is 19.5 Å². The number of aryl methyl sites for hydroxylation is 1. The second kappa shape index (κ2) is 7.46. The third kappa shape index (κ3) is 3.34. The summed E-state index contributed by atoms with van der Waals surface area (Å²) in [4.78, 5) is 30.4. The molecule has 2 aliphatic rings. The third-order valence-corrected chi connectivity index (χ3v) is 5.99. The van der Waals surface area contributed by atoms with Crippen LogP contribution in [0.1, 0.15) is 37.3 Å². The van der Waals surface area contributed by atoms with Gasteiger partial charge < -0.3 is 9.47 Å². The van der Waals surface area contributed by atoms with Gasteiger partial charge in [-0.25, -0.2) is 15.0 Å². The highest BCUT2D eigenvalue weighted by molar-refractivity contribution is 5.96. The van der Waals surface area contributed by atoms with Crippen LogP contribution < -0.4 is 20.5 Å². The summed E-state index contributed by atoms with van der Waals surface area (Å²) in [7, 11) is 2.02. The van der Waals surface area contributed by atoms with Crippen LogP contribution in [0.5, 0.6) is 0 Å². The normalized spacial score (nSPS) is 20.4. The van der Waals surface area contributed by atoms with Gasteiger partial charge in [0.25, 0.3) is 0 Å². The molecule has 0 N–H and O–H groups in total. The average molecular weight is 393 g/mol.